The summed E-state index contributed by atoms with van der Waals surface area (Å²) in [6.07, 6.45) is 1.81. The number of ether oxygens (including phenoxy) is 1. The van der Waals surface area contributed by atoms with Gasteiger partial charge in [-0.3, -0.25) is 0 Å². The summed E-state index contributed by atoms with van der Waals surface area (Å²) >= 11 is 1.61. The summed E-state index contributed by atoms with van der Waals surface area (Å²) in [5.41, 5.74) is 2.99. The van der Waals surface area contributed by atoms with Crippen molar-refractivity contribution in [2.45, 2.75) is 0 Å². The first-order chi connectivity index (χ1) is 9.42. The molecule has 0 spiro atoms. The average molecular weight is 266 g/mol. The number of benzene rings is 2. The second-order valence-electron chi connectivity index (χ2n) is 4.24. The van der Waals surface area contributed by atoms with E-state index in [2.05, 4.69) is 10.3 Å². The van der Waals surface area contributed by atoms with Crippen LogP contribution in [0.4, 0.5) is 11.4 Å². The molecule has 1 N–H and O–H groups in total. The predicted molar refractivity (Wildman–Crippen MR) is 77.3 cm³/mol. The predicted octanol–water partition coefficient (Wildman–Crippen LogP) is 4.66. The number of anilines is 2. The number of nitrogens with one attached hydrogen (secondary N) is 1. The van der Waals surface area contributed by atoms with E-state index in [1.165, 1.54) is 0 Å². The van der Waals surface area contributed by atoms with Crippen molar-refractivity contribution in [1.82, 2.24) is 4.98 Å². The number of thiazole rings is 1. The molecule has 0 amide bonds. The molecule has 0 unspecified atom stereocenters. The fraction of sp³-hybridized carbons (Fsp3) is 0. The van der Waals surface area contributed by atoms with Crippen LogP contribution in [0.15, 0.2) is 54.0 Å². The Labute approximate surface area is 114 Å². The third-order valence-electron chi connectivity index (χ3n) is 3.05. The third-order valence-corrected chi connectivity index (χ3v) is 3.85. The minimum absolute atomic E-state index is 0.844. The highest BCUT2D eigenvalue weighted by Gasteiger charge is 2.20. The molecule has 92 valence electrons. The van der Waals surface area contributed by atoms with Gasteiger partial charge in [-0.15, -0.1) is 11.3 Å². The van der Waals surface area contributed by atoms with E-state index in [4.69, 9.17) is 4.74 Å². The summed E-state index contributed by atoms with van der Waals surface area (Å²) in [7, 11) is 0. The molecule has 1 aliphatic heterocycles. The third kappa shape index (κ3) is 1.69. The van der Waals surface area contributed by atoms with Gasteiger partial charge >= 0.3 is 0 Å². The quantitative estimate of drug-likeness (QED) is 0.544. The van der Waals surface area contributed by atoms with E-state index in [1.807, 2.05) is 54.0 Å². The summed E-state index contributed by atoms with van der Waals surface area (Å²) in [6.45, 7) is 0. The molecule has 1 aliphatic rings. The van der Waals surface area contributed by atoms with Gasteiger partial charge in [0.05, 0.1) is 16.9 Å². The van der Waals surface area contributed by atoms with Crippen LogP contribution in [0.2, 0.25) is 0 Å². The van der Waals surface area contributed by atoms with Gasteiger partial charge < -0.3 is 10.1 Å². The number of fused-ring (bicyclic) bond motifs is 2. The molecule has 0 aliphatic carbocycles. The Balaban J connectivity index is 1.88. The molecule has 0 saturated heterocycles. The topological polar surface area (TPSA) is 34.2 Å². The first-order valence-electron chi connectivity index (χ1n) is 5.98. The molecule has 1 aromatic heterocycles. The number of hydrogen-bond donors (Lipinski definition) is 1. The largest absolute Gasteiger partial charge is 0.452 e. The van der Waals surface area contributed by atoms with Crippen molar-refractivity contribution in [3.63, 3.8) is 0 Å². The van der Waals surface area contributed by atoms with Crippen LogP contribution >= 0.6 is 11.3 Å². The zero-order valence-corrected chi connectivity index (χ0v) is 10.8. The maximum Gasteiger partial charge on any atom is 0.161 e. The molecule has 2 aromatic carbocycles. The smallest absolute Gasteiger partial charge is 0.161 e. The van der Waals surface area contributed by atoms with Crippen molar-refractivity contribution in [2.75, 3.05) is 5.32 Å². The Morgan fingerprint density at radius 3 is 2.79 bits per heavy atom. The highest BCUT2D eigenvalue weighted by atomic mass is 32.1. The number of aromatic nitrogens is 1. The van der Waals surface area contributed by atoms with Gasteiger partial charge in [-0.25, -0.2) is 4.98 Å². The lowest BCUT2D eigenvalue weighted by atomic mass is 10.1. The van der Waals surface area contributed by atoms with Crippen LogP contribution in [0, 0.1) is 0 Å². The molecule has 0 radical (unpaired) electrons. The van der Waals surface area contributed by atoms with Crippen molar-refractivity contribution >= 4 is 22.7 Å². The van der Waals surface area contributed by atoms with Gasteiger partial charge in [-0.05, 0) is 24.3 Å². The van der Waals surface area contributed by atoms with Crippen LogP contribution in [0.5, 0.6) is 11.5 Å². The van der Waals surface area contributed by atoms with Crippen LogP contribution in [0.1, 0.15) is 0 Å². The number of para-hydroxylation sites is 3. The first-order valence-corrected chi connectivity index (χ1v) is 6.86. The van der Waals surface area contributed by atoms with Gasteiger partial charge in [0.25, 0.3) is 0 Å². The SMILES string of the molecule is c1ccc2c(c1)Nc1cccc(-c3nccs3)c1O2. The zero-order valence-electron chi connectivity index (χ0n) is 9.96. The van der Waals surface area contributed by atoms with E-state index < -0.39 is 0 Å². The molecule has 0 saturated carbocycles. The summed E-state index contributed by atoms with van der Waals surface area (Å²) < 4.78 is 6.04. The molecule has 3 aromatic rings. The molecule has 0 fully saturated rings. The Bertz CT molecular complexity index is 738. The number of rotatable bonds is 1. The average Bonchev–Trinajstić information content (AvgIpc) is 2.98. The van der Waals surface area contributed by atoms with Crippen LogP contribution in [0.3, 0.4) is 0 Å². The van der Waals surface area contributed by atoms with Gasteiger partial charge in [-0.1, -0.05) is 18.2 Å². The molecule has 19 heavy (non-hydrogen) atoms. The summed E-state index contributed by atoms with van der Waals surface area (Å²) in [4.78, 5) is 4.36. The highest BCUT2D eigenvalue weighted by Crippen LogP contribution is 2.46. The van der Waals surface area contributed by atoms with Gasteiger partial charge in [0.1, 0.15) is 5.01 Å². The molecule has 0 atom stereocenters. The highest BCUT2D eigenvalue weighted by molar-refractivity contribution is 7.13. The standard InChI is InChI=1S/C15H10N2OS/c1-2-7-13-11(5-1)17-12-6-3-4-10(14(12)18-13)15-16-8-9-19-15/h1-9,17H. The lowest BCUT2D eigenvalue weighted by Crippen LogP contribution is -2.03. The van der Waals surface area contributed by atoms with E-state index >= 15 is 0 Å². The molecule has 4 rings (SSSR count). The first kappa shape index (κ1) is 10.6. The normalized spacial score (nSPS) is 12.0. The maximum atomic E-state index is 6.04. The van der Waals surface area contributed by atoms with E-state index in [9.17, 15) is 0 Å². The molecular formula is C15H10N2OS. The maximum absolute atomic E-state index is 6.04. The van der Waals surface area contributed by atoms with Crippen molar-refractivity contribution in [3.8, 4) is 22.1 Å². The van der Waals surface area contributed by atoms with Gasteiger partial charge in [-0.2, -0.15) is 0 Å². The fourth-order valence-corrected chi connectivity index (χ4v) is 2.84. The molecule has 2 heterocycles. The fourth-order valence-electron chi connectivity index (χ4n) is 2.18. The van der Waals surface area contributed by atoms with Crippen molar-refractivity contribution in [3.05, 3.63) is 54.0 Å². The Hall–Kier alpha value is -2.33. The van der Waals surface area contributed by atoms with Crippen LogP contribution in [-0.2, 0) is 0 Å². The summed E-state index contributed by atoms with van der Waals surface area (Å²) in [5.74, 6) is 1.69. The van der Waals surface area contributed by atoms with Crippen LogP contribution in [0.25, 0.3) is 10.6 Å². The zero-order chi connectivity index (χ0) is 12.7. The lowest BCUT2D eigenvalue weighted by molar-refractivity contribution is 0.483. The van der Waals surface area contributed by atoms with Gasteiger partial charge in [0.2, 0.25) is 0 Å². The van der Waals surface area contributed by atoms with Crippen molar-refractivity contribution in [1.29, 1.82) is 0 Å². The van der Waals surface area contributed by atoms with Crippen LogP contribution < -0.4 is 10.1 Å². The molecule has 4 heteroatoms. The summed E-state index contributed by atoms with van der Waals surface area (Å²) in [5, 5.41) is 6.34. The van der Waals surface area contributed by atoms with Crippen molar-refractivity contribution < 1.29 is 4.74 Å². The van der Waals surface area contributed by atoms with Crippen molar-refractivity contribution in [2.24, 2.45) is 0 Å². The van der Waals surface area contributed by atoms with Gasteiger partial charge in [0.15, 0.2) is 11.5 Å². The monoisotopic (exact) mass is 266 g/mol. The Kier molecular flexibility index (Phi) is 2.28. The van der Waals surface area contributed by atoms with E-state index in [0.717, 1.165) is 33.4 Å². The Morgan fingerprint density at radius 2 is 1.89 bits per heavy atom. The van der Waals surface area contributed by atoms with Gasteiger partial charge in [0, 0.05) is 11.6 Å². The number of hydrogen-bond acceptors (Lipinski definition) is 4. The minimum Gasteiger partial charge on any atom is -0.452 e. The second kappa shape index (κ2) is 4.10. The van der Waals surface area contributed by atoms with Crippen LogP contribution in [-0.4, -0.2) is 4.98 Å². The number of nitrogens with zero attached hydrogens (tertiary/aromatic N) is 1. The lowest BCUT2D eigenvalue weighted by Gasteiger charge is -2.23. The minimum atomic E-state index is 0.844. The molecule has 0 bridgehead atoms. The second-order valence-corrected chi connectivity index (χ2v) is 5.14. The molecule has 3 nitrogen and oxygen atoms in total. The van der Waals surface area contributed by atoms with E-state index in [1.54, 1.807) is 11.3 Å². The van der Waals surface area contributed by atoms with E-state index in [0.29, 0.717) is 0 Å². The van der Waals surface area contributed by atoms with E-state index in [-0.39, 0.29) is 0 Å². The summed E-state index contributed by atoms with van der Waals surface area (Å²) in [6, 6.07) is 14.0. The Morgan fingerprint density at radius 1 is 1.00 bits per heavy atom. The molecular weight excluding hydrogens is 256 g/mol.